The molecule has 0 fully saturated rings. The number of nitrogens with one attached hydrogen (secondary N) is 1. The molecule has 20 heavy (non-hydrogen) atoms. The van der Waals surface area contributed by atoms with E-state index in [1.54, 1.807) is 36.4 Å². The van der Waals surface area contributed by atoms with Crippen LogP contribution >= 0.6 is 0 Å². The Kier molecular flexibility index (Phi) is 2.70. The highest BCUT2D eigenvalue weighted by molar-refractivity contribution is 5.93. The second-order valence-corrected chi connectivity index (χ2v) is 4.37. The first-order valence-corrected chi connectivity index (χ1v) is 5.96. The lowest BCUT2D eigenvalue weighted by Crippen LogP contribution is -1.87. The number of fused-ring (bicyclic) bond motifs is 1. The SMILES string of the molecule is N#Cc1cccc(-c2cc3c([N+](=O)[O-])cccc3[nH]2)c1. The monoisotopic (exact) mass is 263 g/mol. The van der Waals surface area contributed by atoms with Crippen LogP contribution in [0.3, 0.4) is 0 Å². The summed E-state index contributed by atoms with van der Waals surface area (Å²) in [4.78, 5) is 13.8. The Bertz CT molecular complexity index is 859. The fourth-order valence-corrected chi connectivity index (χ4v) is 2.21. The summed E-state index contributed by atoms with van der Waals surface area (Å²) in [6.45, 7) is 0. The number of hydrogen-bond acceptors (Lipinski definition) is 3. The number of nitrogens with zero attached hydrogens (tertiary/aromatic N) is 2. The Hall–Kier alpha value is -3.13. The first-order valence-electron chi connectivity index (χ1n) is 5.96. The Morgan fingerprint density at radius 3 is 2.70 bits per heavy atom. The standard InChI is InChI=1S/C15H9N3O2/c16-9-10-3-1-4-11(7-10)14-8-12-13(17-14)5-2-6-15(12)18(19)20/h1-8,17H. The van der Waals surface area contributed by atoms with Crippen molar-refractivity contribution in [3.63, 3.8) is 0 Å². The summed E-state index contributed by atoms with van der Waals surface area (Å²) in [6.07, 6.45) is 0. The summed E-state index contributed by atoms with van der Waals surface area (Å²) >= 11 is 0. The summed E-state index contributed by atoms with van der Waals surface area (Å²) in [5.74, 6) is 0. The Morgan fingerprint density at radius 1 is 1.15 bits per heavy atom. The van der Waals surface area contributed by atoms with Gasteiger partial charge in [0.2, 0.25) is 0 Å². The molecule has 0 radical (unpaired) electrons. The van der Waals surface area contributed by atoms with Gasteiger partial charge in [0.1, 0.15) is 0 Å². The maximum Gasteiger partial charge on any atom is 0.278 e. The number of benzene rings is 2. The predicted octanol–water partition coefficient (Wildman–Crippen LogP) is 3.61. The zero-order chi connectivity index (χ0) is 14.1. The number of hydrogen-bond donors (Lipinski definition) is 1. The molecule has 5 nitrogen and oxygen atoms in total. The molecule has 0 aliphatic rings. The van der Waals surface area contributed by atoms with E-state index >= 15 is 0 Å². The van der Waals surface area contributed by atoms with Gasteiger partial charge in [-0.15, -0.1) is 0 Å². The van der Waals surface area contributed by atoms with Crippen LogP contribution in [0.2, 0.25) is 0 Å². The first kappa shape index (κ1) is 11.9. The Labute approximate surface area is 114 Å². The molecular formula is C15H9N3O2. The van der Waals surface area contributed by atoms with Crippen LogP contribution in [0.15, 0.2) is 48.5 Å². The Morgan fingerprint density at radius 2 is 1.95 bits per heavy atom. The number of rotatable bonds is 2. The maximum absolute atomic E-state index is 11.0. The highest BCUT2D eigenvalue weighted by atomic mass is 16.6. The van der Waals surface area contributed by atoms with Crippen LogP contribution in [-0.4, -0.2) is 9.91 Å². The molecule has 5 heteroatoms. The number of aromatic nitrogens is 1. The summed E-state index contributed by atoms with van der Waals surface area (Å²) < 4.78 is 0. The zero-order valence-electron chi connectivity index (χ0n) is 10.3. The van der Waals surface area contributed by atoms with Crippen molar-refractivity contribution in [3.05, 3.63) is 64.2 Å². The van der Waals surface area contributed by atoms with Crippen LogP contribution in [-0.2, 0) is 0 Å². The minimum atomic E-state index is -0.397. The van der Waals surface area contributed by atoms with Crippen molar-refractivity contribution in [2.75, 3.05) is 0 Å². The van der Waals surface area contributed by atoms with Crippen molar-refractivity contribution >= 4 is 16.6 Å². The summed E-state index contributed by atoms with van der Waals surface area (Å²) in [7, 11) is 0. The topological polar surface area (TPSA) is 82.7 Å². The number of non-ortho nitro benzene ring substituents is 1. The molecule has 0 spiro atoms. The van der Waals surface area contributed by atoms with Crippen LogP contribution in [0, 0.1) is 21.4 Å². The Balaban J connectivity index is 2.21. The van der Waals surface area contributed by atoms with E-state index in [1.165, 1.54) is 6.07 Å². The van der Waals surface area contributed by atoms with Gasteiger partial charge >= 0.3 is 0 Å². The van der Waals surface area contributed by atoms with Gasteiger partial charge in [-0.2, -0.15) is 5.26 Å². The highest BCUT2D eigenvalue weighted by Gasteiger charge is 2.14. The smallest absolute Gasteiger partial charge is 0.278 e. The van der Waals surface area contributed by atoms with Crippen LogP contribution in [0.5, 0.6) is 0 Å². The molecule has 0 aliphatic carbocycles. The van der Waals surface area contributed by atoms with E-state index in [0.29, 0.717) is 16.5 Å². The molecule has 0 aliphatic heterocycles. The number of aromatic amines is 1. The van der Waals surface area contributed by atoms with Crippen molar-refractivity contribution < 1.29 is 4.92 Å². The number of nitro benzene ring substituents is 1. The summed E-state index contributed by atoms with van der Waals surface area (Å²) in [6, 6.07) is 15.8. The lowest BCUT2D eigenvalue weighted by Gasteiger charge is -1.97. The van der Waals surface area contributed by atoms with Crippen molar-refractivity contribution in [1.29, 1.82) is 5.26 Å². The minimum absolute atomic E-state index is 0.0708. The van der Waals surface area contributed by atoms with Gasteiger partial charge in [0.05, 0.1) is 27.5 Å². The van der Waals surface area contributed by atoms with Crippen molar-refractivity contribution in [3.8, 4) is 17.3 Å². The van der Waals surface area contributed by atoms with E-state index in [0.717, 1.165) is 11.3 Å². The van der Waals surface area contributed by atoms with Crippen LogP contribution in [0.1, 0.15) is 5.56 Å². The van der Waals surface area contributed by atoms with E-state index in [-0.39, 0.29) is 5.69 Å². The number of nitro groups is 1. The van der Waals surface area contributed by atoms with Crippen molar-refractivity contribution in [2.24, 2.45) is 0 Å². The quantitative estimate of drug-likeness (QED) is 0.566. The van der Waals surface area contributed by atoms with Gasteiger partial charge < -0.3 is 4.98 Å². The van der Waals surface area contributed by atoms with E-state index in [2.05, 4.69) is 11.1 Å². The molecule has 3 aromatic rings. The third-order valence-electron chi connectivity index (χ3n) is 3.14. The van der Waals surface area contributed by atoms with Gasteiger partial charge in [-0.1, -0.05) is 18.2 Å². The molecule has 0 amide bonds. The summed E-state index contributed by atoms with van der Waals surface area (Å²) in [5.41, 5.74) is 2.91. The lowest BCUT2D eigenvalue weighted by molar-refractivity contribution is -0.383. The second kappa shape index (κ2) is 4.52. The van der Waals surface area contributed by atoms with Gasteiger partial charge in [0, 0.05) is 11.8 Å². The van der Waals surface area contributed by atoms with Gasteiger partial charge in [-0.3, -0.25) is 10.1 Å². The van der Waals surface area contributed by atoms with Gasteiger partial charge in [-0.25, -0.2) is 0 Å². The fourth-order valence-electron chi connectivity index (χ4n) is 2.21. The zero-order valence-corrected chi connectivity index (χ0v) is 10.3. The fraction of sp³-hybridized carbons (Fsp3) is 0. The molecule has 0 atom stereocenters. The molecule has 0 unspecified atom stereocenters. The lowest BCUT2D eigenvalue weighted by atomic mass is 10.1. The predicted molar refractivity (Wildman–Crippen MR) is 75.1 cm³/mol. The van der Waals surface area contributed by atoms with Gasteiger partial charge in [0.15, 0.2) is 0 Å². The average molecular weight is 263 g/mol. The summed E-state index contributed by atoms with van der Waals surface area (Å²) in [5, 5.41) is 20.5. The van der Waals surface area contributed by atoms with Crippen molar-refractivity contribution in [1.82, 2.24) is 4.98 Å². The highest BCUT2D eigenvalue weighted by Crippen LogP contribution is 2.30. The van der Waals surface area contributed by atoms with E-state index in [9.17, 15) is 10.1 Å². The molecule has 1 heterocycles. The molecule has 2 aromatic carbocycles. The molecule has 0 saturated carbocycles. The van der Waals surface area contributed by atoms with Crippen LogP contribution in [0.25, 0.3) is 22.2 Å². The van der Waals surface area contributed by atoms with Crippen LogP contribution in [0.4, 0.5) is 5.69 Å². The van der Waals surface area contributed by atoms with Gasteiger partial charge in [-0.05, 0) is 29.8 Å². The van der Waals surface area contributed by atoms with Crippen molar-refractivity contribution in [2.45, 2.75) is 0 Å². The molecular weight excluding hydrogens is 254 g/mol. The van der Waals surface area contributed by atoms with E-state index in [4.69, 9.17) is 5.26 Å². The number of nitriles is 1. The number of H-pyrrole nitrogens is 1. The molecule has 1 N–H and O–H groups in total. The average Bonchev–Trinajstić information content (AvgIpc) is 2.91. The van der Waals surface area contributed by atoms with Gasteiger partial charge in [0.25, 0.3) is 5.69 Å². The third kappa shape index (κ3) is 1.89. The van der Waals surface area contributed by atoms with E-state index < -0.39 is 4.92 Å². The molecule has 0 saturated heterocycles. The third-order valence-corrected chi connectivity index (χ3v) is 3.14. The van der Waals surface area contributed by atoms with E-state index in [1.807, 2.05) is 6.07 Å². The first-order chi connectivity index (χ1) is 9.69. The molecule has 3 rings (SSSR count). The van der Waals surface area contributed by atoms with Crippen LogP contribution < -0.4 is 0 Å². The largest absolute Gasteiger partial charge is 0.354 e. The second-order valence-electron chi connectivity index (χ2n) is 4.37. The minimum Gasteiger partial charge on any atom is -0.354 e. The maximum atomic E-state index is 11.0. The molecule has 1 aromatic heterocycles. The molecule has 96 valence electrons. The molecule has 0 bridgehead atoms. The normalized spacial score (nSPS) is 10.3.